The van der Waals surface area contributed by atoms with Gasteiger partial charge in [-0.1, -0.05) is 0 Å². The number of thiophene rings is 1. The van der Waals surface area contributed by atoms with Gasteiger partial charge in [0.25, 0.3) is 0 Å². The number of fused-ring (bicyclic) bond motifs is 1. The van der Waals surface area contributed by atoms with Crippen LogP contribution in [0.15, 0.2) is 30.6 Å². The molecule has 4 rings (SSSR count). The first kappa shape index (κ1) is 17.1. The van der Waals surface area contributed by atoms with Crippen molar-refractivity contribution in [3.8, 4) is 5.75 Å². The Morgan fingerprint density at radius 2 is 1.69 bits per heavy atom. The molecule has 0 atom stereocenters. The molecule has 1 aliphatic heterocycles. The molecule has 5 nitrogen and oxygen atoms in total. The van der Waals surface area contributed by atoms with Crippen LogP contribution >= 0.6 is 11.3 Å². The van der Waals surface area contributed by atoms with Gasteiger partial charge in [-0.25, -0.2) is 9.97 Å². The maximum Gasteiger partial charge on any atom is 0.141 e. The van der Waals surface area contributed by atoms with Gasteiger partial charge in [0.05, 0.1) is 12.5 Å². The number of ether oxygens (including phenoxy) is 1. The number of rotatable bonds is 3. The zero-order valence-electron chi connectivity index (χ0n) is 15.5. The van der Waals surface area contributed by atoms with Crippen LogP contribution in [0.4, 0.5) is 11.5 Å². The van der Waals surface area contributed by atoms with E-state index in [1.807, 2.05) is 12.1 Å². The highest BCUT2D eigenvalue weighted by atomic mass is 32.1. The average molecular weight is 369 g/mol. The molecular formula is C20H24N4OS. The lowest BCUT2D eigenvalue weighted by molar-refractivity contribution is 0.415. The Kier molecular flexibility index (Phi) is 4.68. The number of anilines is 2. The summed E-state index contributed by atoms with van der Waals surface area (Å²) in [5, 5.41) is 1.23. The van der Waals surface area contributed by atoms with E-state index in [0.29, 0.717) is 0 Å². The Hall–Kier alpha value is -2.34. The molecular weight excluding hydrogens is 344 g/mol. The molecule has 3 aromatic rings. The molecule has 1 fully saturated rings. The van der Waals surface area contributed by atoms with E-state index in [4.69, 9.17) is 4.74 Å². The Morgan fingerprint density at radius 1 is 0.962 bits per heavy atom. The summed E-state index contributed by atoms with van der Waals surface area (Å²) in [6.45, 7) is 8.38. The van der Waals surface area contributed by atoms with Crippen molar-refractivity contribution in [2.45, 2.75) is 20.3 Å². The predicted octanol–water partition coefficient (Wildman–Crippen LogP) is 4.03. The SMILES string of the molecule is COc1ccc(N2CCCN(c3ncnc4sc(C)c(C)c34)CC2)cc1. The molecule has 26 heavy (non-hydrogen) atoms. The van der Waals surface area contributed by atoms with E-state index in [2.05, 4.69) is 45.7 Å². The number of benzene rings is 1. The van der Waals surface area contributed by atoms with Gasteiger partial charge >= 0.3 is 0 Å². The third-order valence-electron chi connectivity index (χ3n) is 5.18. The summed E-state index contributed by atoms with van der Waals surface area (Å²) in [5.74, 6) is 1.99. The van der Waals surface area contributed by atoms with E-state index in [-0.39, 0.29) is 0 Å². The monoisotopic (exact) mass is 368 g/mol. The number of hydrogen-bond acceptors (Lipinski definition) is 6. The third-order valence-corrected chi connectivity index (χ3v) is 6.29. The molecule has 0 bridgehead atoms. The van der Waals surface area contributed by atoms with Gasteiger partial charge in [-0.3, -0.25) is 0 Å². The van der Waals surface area contributed by atoms with Crippen LogP contribution in [0.5, 0.6) is 5.75 Å². The largest absolute Gasteiger partial charge is 0.497 e. The fraction of sp³-hybridized carbons (Fsp3) is 0.400. The highest BCUT2D eigenvalue weighted by Gasteiger charge is 2.20. The van der Waals surface area contributed by atoms with Gasteiger partial charge in [-0.05, 0) is 50.1 Å². The summed E-state index contributed by atoms with van der Waals surface area (Å²) in [5.41, 5.74) is 2.57. The third kappa shape index (κ3) is 3.09. The summed E-state index contributed by atoms with van der Waals surface area (Å²) >= 11 is 1.76. The molecule has 0 saturated carbocycles. The molecule has 6 heteroatoms. The maximum atomic E-state index is 5.27. The van der Waals surface area contributed by atoms with Gasteiger partial charge in [0, 0.05) is 36.7 Å². The van der Waals surface area contributed by atoms with Gasteiger partial charge < -0.3 is 14.5 Å². The van der Waals surface area contributed by atoms with Crippen molar-refractivity contribution < 1.29 is 4.74 Å². The van der Waals surface area contributed by atoms with Crippen LogP contribution < -0.4 is 14.5 Å². The number of hydrogen-bond donors (Lipinski definition) is 0. The molecule has 0 radical (unpaired) electrons. The average Bonchev–Trinajstić information content (AvgIpc) is 2.85. The minimum Gasteiger partial charge on any atom is -0.497 e. The molecule has 1 saturated heterocycles. The first-order valence-electron chi connectivity index (χ1n) is 9.02. The second-order valence-corrected chi connectivity index (χ2v) is 7.89. The molecule has 3 heterocycles. The highest BCUT2D eigenvalue weighted by Crippen LogP contribution is 2.34. The summed E-state index contributed by atoms with van der Waals surface area (Å²) < 4.78 is 5.27. The molecule has 0 unspecified atom stereocenters. The summed E-state index contributed by atoms with van der Waals surface area (Å²) in [6, 6.07) is 8.35. The maximum absolute atomic E-state index is 5.27. The fourth-order valence-electron chi connectivity index (χ4n) is 3.58. The fourth-order valence-corrected chi connectivity index (χ4v) is 4.58. The van der Waals surface area contributed by atoms with Crippen LogP contribution in [-0.2, 0) is 0 Å². The van der Waals surface area contributed by atoms with Gasteiger partial charge in [0.15, 0.2) is 0 Å². The van der Waals surface area contributed by atoms with E-state index in [1.54, 1.807) is 24.8 Å². The van der Waals surface area contributed by atoms with Gasteiger partial charge in [0.1, 0.15) is 22.7 Å². The standard InChI is InChI=1S/C20H24N4OS/c1-14-15(2)26-20-18(14)19(21-13-22-20)24-10-4-9-23(11-12-24)16-5-7-17(25-3)8-6-16/h5-8,13H,4,9-12H2,1-3H3. The summed E-state index contributed by atoms with van der Waals surface area (Å²) in [6.07, 6.45) is 2.82. The molecule has 136 valence electrons. The van der Waals surface area contributed by atoms with Crippen molar-refractivity contribution in [2.75, 3.05) is 43.1 Å². The van der Waals surface area contributed by atoms with E-state index in [1.165, 1.54) is 21.5 Å². The number of nitrogens with zero attached hydrogens (tertiary/aromatic N) is 4. The Labute approximate surface area is 158 Å². The van der Waals surface area contributed by atoms with Crippen molar-refractivity contribution in [3.63, 3.8) is 0 Å². The van der Waals surface area contributed by atoms with Gasteiger partial charge in [0.2, 0.25) is 0 Å². The van der Waals surface area contributed by atoms with Crippen molar-refractivity contribution in [3.05, 3.63) is 41.0 Å². The normalized spacial score (nSPS) is 15.3. The minimum atomic E-state index is 0.900. The summed E-state index contributed by atoms with van der Waals surface area (Å²) in [7, 11) is 1.70. The number of methoxy groups -OCH3 is 1. The Balaban J connectivity index is 1.57. The molecule has 1 aliphatic rings. The first-order chi connectivity index (χ1) is 12.7. The molecule has 0 aliphatic carbocycles. The van der Waals surface area contributed by atoms with Gasteiger partial charge in [-0.2, -0.15) is 0 Å². The quantitative estimate of drug-likeness (QED) is 0.698. The molecule has 0 amide bonds. The van der Waals surface area contributed by atoms with Crippen LogP contribution in [0, 0.1) is 13.8 Å². The Bertz CT molecular complexity index is 906. The van der Waals surface area contributed by atoms with Crippen molar-refractivity contribution >= 4 is 33.1 Å². The lowest BCUT2D eigenvalue weighted by atomic mass is 10.2. The zero-order chi connectivity index (χ0) is 18.1. The second-order valence-electron chi connectivity index (χ2n) is 6.69. The van der Waals surface area contributed by atoms with Gasteiger partial charge in [-0.15, -0.1) is 11.3 Å². The summed E-state index contributed by atoms with van der Waals surface area (Å²) in [4.78, 5) is 16.4. The first-order valence-corrected chi connectivity index (χ1v) is 9.83. The van der Waals surface area contributed by atoms with Crippen molar-refractivity contribution in [1.82, 2.24) is 9.97 Å². The predicted molar refractivity (Wildman–Crippen MR) is 109 cm³/mol. The lowest BCUT2D eigenvalue weighted by Gasteiger charge is -2.24. The lowest BCUT2D eigenvalue weighted by Crippen LogP contribution is -2.31. The zero-order valence-corrected chi connectivity index (χ0v) is 16.3. The number of aryl methyl sites for hydroxylation is 2. The molecule has 0 spiro atoms. The topological polar surface area (TPSA) is 41.5 Å². The molecule has 2 aromatic heterocycles. The van der Waals surface area contributed by atoms with Crippen LogP contribution in [0.3, 0.4) is 0 Å². The van der Waals surface area contributed by atoms with E-state index >= 15 is 0 Å². The number of aromatic nitrogens is 2. The van der Waals surface area contributed by atoms with E-state index < -0.39 is 0 Å². The second kappa shape index (κ2) is 7.11. The highest BCUT2D eigenvalue weighted by molar-refractivity contribution is 7.18. The van der Waals surface area contributed by atoms with Crippen LogP contribution in [0.2, 0.25) is 0 Å². The van der Waals surface area contributed by atoms with E-state index in [0.717, 1.165) is 49.0 Å². The van der Waals surface area contributed by atoms with Crippen LogP contribution in [-0.4, -0.2) is 43.3 Å². The van der Waals surface area contributed by atoms with E-state index in [9.17, 15) is 0 Å². The van der Waals surface area contributed by atoms with Crippen molar-refractivity contribution in [2.24, 2.45) is 0 Å². The molecule has 0 N–H and O–H groups in total. The Morgan fingerprint density at radius 3 is 2.46 bits per heavy atom. The van der Waals surface area contributed by atoms with Crippen molar-refractivity contribution in [1.29, 1.82) is 0 Å². The van der Waals surface area contributed by atoms with Crippen LogP contribution in [0.25, 0.3) is 10.2 Å². The molecule has 1 aromatic carbocycles. The smallest absolute Gasteiger partial charge is 0.141 e. The minimum absolute atomic E-state index is 0.900. The van der Waals surface area contributed by atoms with Crippen LogP contribution in [0.1, 0.15) is 16.9 Å².